The van der Waals surface area contributed by atoms with Gasteiger partial charge >= 0.3 is 0 Å². The minimum atomic E-state index is -0.0643. The molecule has 1 aromatic rings. The van der Waals surface area contributed by atoms with Crippen LogP contribution in [0.1, 0.15) is 68.4 Å². The molecule has 7 heteroatoms. The monoisotopic (exact) mass is 341 g/mol. The van der Waals surface area contributed by atoms with Gasteiger partial charge in [-0.3, -0.25) is 4.79 Å². The minimum absolute atomic E-state index is 0. The van der Waals surface area contributed by atoms with Crippen molar-refractivity contribution < 1.29 is 4.79 Å². The van der Waals surface area contributed by atoms with E-state index in [1.54, 1.807) is 0 Å². The zero-order valence-electron chi connectivity index (χ0n) is 13.8. The van der Waals surface area contributed by atoms with Crippen LogP contribution in [-0.2, 0) is 0 Å². The lowest BCUT2D eigenvalue weighted by atomic mass is 9.83. The number of halogens is 1. The van der Waals surface area contributed by atoms with E-state index in [1.165, 1.54) is 19.3 Å². The molecule has 0 radical (unpaired) electrons. The lowest BCUT2D eigenvalue weighted by Crippen LogP contribution is -2.42. The average Bonchev–Trinajstić information content (AvgIpc) is 3.06. The molecule has 0 spiro atoms. The topological polar surface area (TPSA) is 71.8 Å². The number of nitrogens with one attached hydrogen (secondary N) is 2. The summed E-state index contributed by atoms with van der Waals surface area (Å²) in [5.74, 6) is 0.544. The number of aromatic nitrogens is 3. The first-order valence-electron chi connectivity index (χ1n) is 8.71. The standard InChI is InChI=1S/C16H27N5O.ClH/c1-2-12-5-3-4-6-14(12)18-16(22)15-11-21(20-19-15)13-7-9-17-10-8-13;/h11-14,17H,2-10H2,1H3,(H,18,22);1H. The number of carbonyl (C=O) groups is 1. The number of hydrogen-bond acceptors (Lipinski definition) is 4. The van der Waals surface area contributed by atoms with Gasteiger partial charge in [0.2, 0.25) is 0 Å². The van der Waals surface area contributed by atoms with Gasteiger partial charge in [0.15, 0.2) is 5.69 Å². The molecule has 130 valence electrons. The largest absolute Gasteiger partial charge is 0.348 e. The second-order valence-corrected chi connectivity index (χ2v) is 6.60. The predicted octanol–water partition coefficient (Wildman–Crippen LogP) is 2.32. The van der Waals surface area contributed by atoms with Gasteiger partial charge in [-0.25, -0.2) is 4.68 Å². The van der Waals surface area contributed by atoms with E-state index in [4.69, 9.17) is 0 Å². The van der Waals surface area contributed by atoms with Gasteiger partial charge < -0.3 is 10.6 Å². The Hall–Kier alpha value is -1.14. The summed E-state index contributed by atoms with van der Waals surface area (Å²) >= 11 is 0. The summed E-state index contributed by atoms with van der Waals surface area (Å²) in [7, 11) is 0. The molecule has 2 aliphatic rings. The van der Waals surface area contributed by atoms with E-state index < -0.39 is 0 Å². The summed E-state index contributed by atoms with van der Waals surface area (Å²) in [6.45, 7) is 4.22. The molecular weight excluding hydrogens is 314 g/mol. The van der Waals surface area contributed by atoms with Crippen molar-refractivity contribution in [3.05, 3.63) is 11.9 Å². The summed E-state index contributed by atoms with van der Waals surface area (Å²) in [6, 6.07) is 0.670. The Morgan fingerprint density at radius 2 is 2.04 bits per heavy atom. The first-order valence-corrected chi connectivity index (χ1v) is 8.71. The van der Waals surface area contributed by atoms with Gasteiger partial charge in [0, 0.05) is 6.04 Å². The number of nitrogens with zero attached hydrogens (tertiary/aromatic N) is 3. The van der Waals surface area contributed by atoms with E-state index in [1.807, 2.05) is 10.9 Å². The van der Waals surface area contributed by atoms with Crippen LogP contribution in [0.15, 0.2) is 6.20 Å². The number of hydrogen-bond donors (Lipinski definition) is 2. The molecule has 6 nitrogen and oxygen atoms in total. The quantitative estimate of drug-likeness (QED) is 0.881. The summed E-state index contributed by atoms with van der Waals surface area (Å²) in [5.41, 5.74) is 0.457. The van der Waals surface area contributed by atoms with E-state index in [0.717, 1.165) is 38.8 Å². The molecule has 0 bridgehead atoms. The Morgan fingerprint density at radius 1 is 1.30 bits per heavy atom. The maximum atomic E-state index is 12.4. The SMILES string of the molecule is CCC1CCCCC1NC(=O)c1cn(C2CCNCC2)nn1.Cl. The molecule has 3 rings (SSSR count). The van der Waals surface area contributed by atoms with Crippen LogP contribution < -0.4 is 10.6 Å². The maximum absolute atomic E-state index is 12.4. The van der Waals surface area contributed by atoms with Gasteiger partial charge in [-0.1, -0.05) is 31.4 Å². The molecular formula is C16H28ClN5O. The molecule has 2 N–H and O–H groups in total. The van der Waals surface area contributed by atoms with Gasteiger partial charge in [0.25, 0.3) is 5.91 Å². The Morgan fingerprint density at radius 3 is 2.78 bits per heavy atom. The Bertz CT molecular complexity index is 500. The van der Waals surface area contributed by atoms with Gasteiger partial charge in [-0.2, -0.15) is 0 Å². The zero-order valence-corrected chi connectivity index (χ0v) is 14.6. The summed E-state index contributed by atoms with van der Waals surface area (Å²) in [4.78, 5) is 12.4. The summed E-state index contributed by atoms with van der Waals surface area (Å²) in [5, 5.41) is 14.8. The molecule has 2 fully saturated rings. The van der Waals surface area contributed by atoms with Crippen molar-refractivity contribution in [2.24, 2.45) is 5.92 Å². The molecule has 2 atom stereocenters. The first kappa shape index (κ1) is 18.2. The second kappa shape index (κ2) is 8.64. The van der Waals surface area contributed by atoms with Crippen molar-refractivity contribution >= 4 is 18.3 Å². The fourth-order valence-electron chi connectivity index (χ4n) is 3.76. The molecule has 1 aromatic heterocycles. The third kappa shape index (κ3) is 4.44. The molecule has 1 aliphatic carbocycles. The first-order chi connectivity index (χ1) is 10.8. The fraction of sp³-hybridized carbons (Fsp3) is 0.812. The van der Waals surface area contributed by atoms with Crippen molar-refractivity contribution in [2.45, 2.75) is 64.0 Å². The highest BCUT2D eigenvalue weighted by atomic mass is 35.5. The Balaban J connectivity index is 0.00000192. The van der Waals surface area contributed by atoms with Crippen LogP contribution in [0.3, 0.4) is 0 Å². The molecule has 0 aromatic carbocycles. The van der Waals surface area contributed by atoms with Crippen molar-refractivity contribution in [1.29, 1.82) is 0 Å². The van der Waals surface area contributed by atoms with Gasteiger partial charge in [-0.15, -0.1) is 17.5 Å². The lowest BCUT2D eigenvalue weighted by Gasteiger charge is -2.31. The van der Waals surface area contributed by atoms with Crippen molar-refractivity contribution in [3.8, 4) is 0 Å². The molecule has 1 saturated carbocycles. The summed E-state index contributed by atoms with van der Waals surface area (Å²) < 4.78 is 1.87. The van der Waals surface area contributed by atoms with Crippen molar-refractivity contribution in [3.63, 3.8) is 0 Å². The summed E-state index contributed by atoms with van der Waals surface area (Å²) in [6.07, 6.45) is 9.85. The van der Waals surface area contributed by atoms with Crippen molar-refractivity contribution in [2.75, 3.05) is 13.1 Å². The number of carbonyl (C=O) groups excluding carboxylic acids is 1. The number of piperidine rings is 1. The second-order valence-electron chi connectivity index (χ2n) is 6.60. The van der Waals surface area contributed by atoms with Gasteiger partial charge in [0.1, 0.15) is 0 Å². The Labute approximate surface area is 144 Å². The molecule has 23 heavy (non-hydrogen) atoms. The van der Waals surface area contributed by atoms with E-state index in [2.05, 4.69) is 27.9 Å². The average molecular weight is 342 g/mol. The predicted molar refractivity (Wildman–Crippen MR) is 91.9 cm³/mol. The van der Waals surface area contributed by atoms with Gasteiger partial charge in [0.05, 0.1) is 12.2 Å². The van der Waals surface area contributed by atoms with Gasteiger partial charge in [-0.05, 0) is 44.7 Å². The smallest absolute Gasteiger partial charge is 0.273 e. The molecule has 1 aliphatic heterocycles. The minimum Gasteiger partial charge on any atom is -0.348 e. The van der Waals surface area contributed by atoms with Crippen LogP contribution in [0, 0.1) is 5.92 Å². The van der Waals surface area contributed by atoms with Crippen LogP contribution >= 0.6 is 12.4 Å². The molecule has 1 saturated heterocycles. The van der Waals surface area contributed by atoms with Crippen LogP contribution in [0.4, 0.5) is 0 Å². The highest BCUT2D eigenvalue weighted by Crippen LogP contribution is 2.27. The van der Waals surface area contributed by atoms with E-state index in [-0.39, 0.29) is 18.3 Å². The van der Waals surface area contributed by atoms with Crippen LogP contribution in [0.5, 0.6) is 0 Å². The lowest BCUT2D eigenvalue weighted by molar-refractivity contribution is 0.0899. The maximum Gasteiger partial charge on any atom is 0.273 e. The van der Waals surface area contributed by atoms with E-state index in [9.17, 15) is 4.79 Å². The third-order valence-electron chi connectivity index (χ3n) is 5.18. The van der Waals surface area contributed by atoms with E-state index in [0.29, 0.717) is 23.7 Å². The normalized spacial score (nSPS) is 25.6. The third-order valence-corrected chi connectivity index (χ3v) is 5.18. The molecule has 2 unspecified atom stereocenters. The highest BCUT2D eigenvalue weighted by molar-refractivity contribution is 5.92. The molecule has 1 amide bonds. The number of amides is 1. The highest BCUT2D eigenvalue weighted by Gasteiger charge is 2.26. The van der Waals surface area contributed by atoms with Crippen LogP contribution in [0.25, 0.3) is 0 Å². The zero-order chi connectivity index (χ0) is 15.4. The number of rotatable bonds is 4. The fourth-order valence-corrected chi connectivity index (χ4v) is 3.76. The molecule has 2 heterocycles. The van der Waals surface area contributed by atoms with Crippen molar-refractivity contribution in [1.82, 2.24) is 25.6 Å². The van der Waals surface area contributed by atoms with E-state index >= 15 is 0 Å². The van der Waals surface area contributed by atoms with Crippen LogP contribution in [0.2, 0.25) is 0 Å². The van der Waals surface area contributed by atoms with Crippen LogP contribution in [-0.4, -0.2) is 40.0 Å². The Kier molecular flexibility index (Phi) is 6.84.